The Labute approximate surface area is 71.1 Å². The van der Waals surface area contributed by atoms with Gasteiger partial charge in [0.1, 0.15) is 0 Å². The maximum absolute atomic E-state index is 5.16. The second-order valence-corrected chi connectivity index (χ2v) is 2.27. The van der Waals surface area contributed by atoms with Crippen LogP contribution in [0.2, 0.25) is 0 Å². The molecule has 0 atom stereocenters. The summed E-state index contributed by atoms with van der Waals surface area (Å²) >= 11 is 0. The lowest BCUT2D eigenvalue weighted by Crippen LogP contribution is -2.00. The first kappa shape index (κ1) is 8.73. The van der Waals surface area contributed by atoms with E-state index >= 15 is 0 Å². The molecule has 0 fully saturated rings. The minimum Gasteiger partial charge on any atom is -0.330 e. The quantitative estimate of drug-likeness (QED) is 0.446. The number of hydrogen-bond acceptors (Lipinski definition) is 3. The van der Waals surface area contributed by atoms with Crippen molar-refractivity contribution in [3.8, 4) is 0 Å². The highest BCUT2D eigenvalue weighted by Crippen LogP contribution is 2.03. The Kier molecular flexibility index (Phi) is 3.28. The number of aromatic nitrogens is 2. The van der Waals surface area contributed by atoms with Gasteiger partial charge >= 0.3 is 0 Å². The van der Waals surface area contributed by atoms with Gasteiger partial charge in [-0.05, 0) is 6.42 Å². The summed E-state index contributed by atoms with van der Waals surface area (Å²) in [6.45, 7) is 2.35. The summed E-state index contributed by atoms with van der Waals surface area (Å²) in [5, 5.41) is 9.75. The van der Waals surface area contributed by atoms with Gasteiger partial charge in [0.2, 0.25) is 0 Å². The maximum atomic E-state index is 5.16. The standard InChI is InChI=1S/C7H13N5/c1-2-6-3-7(12-11-6)10-5-9-4-8/h3,5H,2,4,8H2,1H3,(H2,9,10,11,12). The average Bonchev–Trinajstić information content (AvgIpc) is 2.53. The summed E-state index contributed by atoms with van der Waals surface area (Å²) in [5.41, 5.74) is 6.25. The van der Waals surface area contributed by atoms with Crippen molar-refractivity contribution in [1.29, 1.82) is 0 Å². The lowest BCUT2D eigenvalue weighted by Gasteiger charge is -1.89. The molecule has 12 heavy (non-hydrogen) atoms. The van der Waals surface area contributed by atoms with E-state index in [-0.39, 0.29) is 6.67 Å². The molecule has 0 spiro atoms. The second-order valence-electron chi connectivity index (χ2n) is 2.27. The minimum atomic E-state index is 0.290. The molecule has 0 saturated heterocycles. The van der Waals surface area contributed by atoms with E-state index in [2.05, 4.69) is 27.4 Å². The van der Waals surface area contributed by atoms with Crippen LogP contribution in [0.1, 0.15) is 12.6 Å². The van der Waals surface area contributed by atoms with Crippen LogP contribution < -0.4 is 11.1 Å². The van der Waals surface area contributed by atoms with Crippen molar-refractivity contribution in [2.75, 3.05) is 12.0 Å². The molecule has 0 aliphatic rings. The van der Waals surface area contributed by atoms with Gasteiger partial charge in [0.05, 0.1) is 13.0 Å². The van der Waals surface area contributed by atoms with Crippen LogP contribution in [-0.4, -0.2) is 23.2 Å². The fourth-order valence-corrected chi connectivity index (χ4v) is 0.781. The zero-order valence-electron chi connectivity index (χ0n) is 7.04. The third-order valence-corrected chi connectivity index (χ3v) is 1.42. The normalized spacial score (nSPS) is 10.8. The number of nitrogens with zero attached hydrogens (tertiary/aromatic N) is 2. The molecule has 0 bridgehead atoms. The predicted molar refractivity (Wildman–Crippen MR) is 49.1 cm³/mol. The molecule has 1 rings (SSSR count). The monoisotopic (exact) mass is 167 g/mol. The Morgan fingerprint density at radius 3 is 3.25 bits per heavy atom. The van der Waals surface area contributed by atoms with Crippen LogP contribution in [0, 0.1) is 0 Å². The van der Waals surface area contributed by atoms with E-state index in [0.29, 0.717) is 0 Å². The Balaban J connectivity index is 2.47. The number of aryl methyl sites for hydroxylation is 1. The number of hydrogen-bond donors (Lipinski definition) is 3. The zero-order chi connectivity index (χ0) is 8.81. The summed E-state index contributed by atoms with van der Waals surface area (Å²) in [6, 6.07) is 1.93. The van der Waals surface area contributed by atoms with Crippen molar-refractivity contribution in [3.05, 3.63) is 11.8 Å². The van der Waals surface area contributed by atoms with Gasteiger partial charge in [-0.15, -0.1) is 0 Å². The Hall–Kier alpha value is -1.36. The first-order valence-corrected chi connectivity index (χ1v) is 3.86. The molecule has 0 radical (unpaired) electrons. The Morgan fingerprint density at radius 1 is 1.83 bits per heavy atom. The van der Waals surface area contributed by atoms with Crippen LogP contribution in [0.3, 0.4) is 0 Å². The molecule has 0 amide bonds. The summed E-state index contributed by atoms with van der Waals surface area (Å²) in [6.07, 6.45) is 2.48. The lowest BCUT2D eigenvalue weighted by molar-refractivity contribution is 0.976. The van der Waals surface area contributed by atoms with Crippen LogP contribution in [-0.2, 0) is 6.42 Å². The molecule has 0 aromatic carbocycles. The van der Waals surface area contributed by atoms with Crippen molar-refractivity contribution in [3.63, 3.8) is 0 Å². The van der Waals surface area contributed by atoms with Gasteiger partial charge in [-0.2, -0.15) is 5.10 Å². The maximum Gasteiger partial charge on any atom is 0.153 e. The number of anilines is 1. The summed E-state index contributed by atoms with van der Waals surface area (Å²) in [5.74, 6) is 0.768. The number of nitrogens with one attached hydrogen (secondary N) is 2. The summed E-state index contributed by atoms with van der Waals surface area (Å²) < 4.78 is 0. The summed E-state index contributed by atoms with van der Waals surface area (Å²) in [4.78, 5) is 3.79. The van der Waals surface area contributed by atoms with E-state index in [1.807, 2.05) is 6.07 Å². The van der Waals surface area contributed by atoms with Gasteiger partial charge in [0.25, 0.3) is 0 Å². The van der Waals surface area contributed by atoms with E-state index < -0.39 is 0 Å². The Morgan fingerprint density at radius 2 is 2.67 bits per heavy atom. The topological polar surface area (TPSA) is 79.1 Å². The largest absolute Gasteiger partial charge is 0.330 e. The first-order chi connectivity index (χ1) is 5.86. The fraction of sp³-hybridized carbons (Fsp3) is 0.429. The summed E-state index contributed by atoms with van der Waals surface area (Å²) in [7, 11) is 0. The molecule has 0 unspecified atom stereocenters. The number of H-pyrrole nitrogens is 1. The highest BCUT2D eigenvalue weighted by molar-refractivity contribution is 5.73. The molecular formula is C7H13N5. The SMILES string of the molecule is CCc1cc(NC=NCN)n[nH]1. The van der Waals surface area contributed by atoms with Gasteiger partial charge in [-0.1, -0.05) is 6.92 Å². The average molecular weight is 167 g/mol. The van der Waals surface area contributed by atoms with E-state index in [4.69, 9.17) is 5.73 Å². The molecule has 66 valence electrons. The molecule has 5 heteroatoms. The van der Waals surface area contributed by atoms with Crippen molar-refractivity contribution in [1.82, 2.24) is 10.2 Å². The number of aliphatic imine (C=N–C) groups is 1. The zero-order valence-corrected chi connectivity index (χ0v) is 7.04. The smallest absolute Gasteiger partial charge is 0.153 e. The van der Waals surface area contributed by atoms with Crippen LogP contribution >= 0.6 is 0 Å². The van der Waals surface area contributed by atoms with E-state index in [1.54, 1.807) is 0 Å². The van der Waals surface area contributed by atoms with E-state index in [9.17, 15) is 0 Å². The Bertz CT molecular complexity index is 252. The van der Waals surface area contributed by atoms with Crippen LogP contribution in [0.25, 0.3) is 0 Å². The van der Waals surface area contributed by atoms with E-state index in [1.165, 1.54) is 6.34 Å². The number of rotatable bonds is 4. The fourth-order valence-electron chi connectivity index (χ4n) is 0.781. The minimum absolute atomic E-state index is 0.290. The molecule has 4 N–H and O–H groups in total. The lowest BCUT2D eigenvalue weighted by atomic mass is 10.3. The van der Waals surface area contributed by atoms with Crippen molar-refractivity contribution in [2.24, 2.45) is 10.7 Å². The van der Waals surface area contributed by atoms with Crippen molar-refractivity contribution >= 4 is 12.2 Å². The third-order valence-electron chi connectivity index (χ3n) is 1.42. The highest BCUT2D eigenvalue weighted by atomic mass is 15.2. The molecule has 0 aliphatic carbocycles. The molecule has 5 nitrogen and oxygen atoms in total. The van der Waals surface area contributed by atoms with E-state index in [0.717, 1.165) is 17.9 Å². The highest BCUT2D eigenvalue weighted by Gasteiger charge is 1.94. The molecule has 0 aliphatic heterocycles. The van der Waals surface area contributed by atoms with Gasteiger partial charge in [0, 0.05) is 11.8 Å². The molecular weight excluding hydrogens is 154 g/mol. The van der Waals surface area contributed by atoms with Gasteiger partial charge in [-0.25, -0.2) is 0 Å². The predicted octanol–water partition coefficient (Wildman–Crippen LogP) is 0.328. The van der Waals surface area contributed by atoms with Gasteiger partial charge < -0.3 is 11.1 Å². The molecule has 0 saturated carbocycles. The van der Waals surface area contributed by atoms with Crippen LogP contribution in [0.4, 0.5) is 5.82 Å². The number of aromatic amines is 1. The molecule has 1 heterocycles. The van der Waals surface area contributed by atoms with Gasteiger partial charge in [0.15, 0.2) is 5.82 Å². The number of nitrogens with two attached hydrogens (primary N) is 1. The third kappa shape index (κ3) is 2.35. The van der Waals surface area contributed by atoms with Crippen molar-refractivity contribution < 1.29 is 0 Å². The van der Waals surface area contributed by atoms with Crippen molar-refractivity contribution in [2.45, 2.75) is 13.3 Å². The van der Waals surface area contributed by atoms with Crippen LogP contribution in [0.5, 0.6) is 0 Å². The second kappa shape index (κ2) is 4.50. The first-order valence-electron chi connectivity index (χ1n) is 3.86. The molecule has 1 aromatic heterocycles. The van der Waals surface area contributed by atoms with Gasteiger partial charge in [-0.3, -0.25) is 10.1 Å². The molecule has 1 aromatic rings. The van der Waals surface area contributed by atoms with Crippen LogP contribution in [0.15, 0.2) is 11.1 Å².